The highest BCUT2D eigenvalue weighted by Gasteiger charge is 2.38. The molecule has 0 spiro atoms. The van der Waals surface area contributed by atoms with E-state index in [9.17, 15) is 30.0 Å². The number of nitrogens with zero attached hydrogens (tertiary/aromatic N) is 1. The average molecular weight is 560 g/mol. The second kappa shape index (κ2) is 10.7. The minimum Gasteiger partial charge on any atom is -0.497 e. The SMILES string of the molecule is COc1ccc(/C(=N/OS(=O)(=O)c2ccc(OS(=O)(=O)c3ccc(C)cc3)c(OC)c2)C(F)(F)F)cc1. The van der Waals surface area contributed by atoms with Crippen molar-refractivity contribution in [3.63, 3.8) is 0 Å². The molecule has 0 fully saturated rings. The van der Waals surface area contributed by atoms with E-state index in [0.29, 0.717) is 0 Å². The third-order valence-electron chi connectivity index (χ3n) is 4.79. The monoisotopic (exact) mass is 559 g/mol. The lowest BCUT2D eigenvalue weighted by Crippen LogP contribution is -2.25. The van der Waals surface area contributed by atoms with Gasteiger partial charge in [-0.2, -0.15) is 30.0 Å². The van der Waals surface area contributed by atoms with Crippen LogP contribution in [0.15, 0.2) is 81.7 Å². The van der Waals surface area contributed by atoms with E-state index in [0.717, 1.165) is 43.0 Å². The van der Waals surface area contributed by atoms with E-state index in [1.54, 1.807) is 19.1 Å². The van der Waals surface area contributed by atoms with Crippen molar-refractivity contribution in [1.29, 1.82) is 0 Å². The van der Waals surface area contributed by atoms with Crippen LogP contribution in [0.4, 0.5) is 13.2 Å². The Labute approximate surface area is 211 Å². The minimum absolute atomic E-state index is 0.160. The van der Waals surface area contributed by atoms with Gasteiger partial charge in [-0.05, 0) is 55.5 Å². The van der Waals surface area contributed by atoms with E-state index < -0.39 is 42.6 Å². The Morgan fingerprint density at radius 2 is 1.35 bits per heavy atom. The summed E-state index contributed by atoms with van der Waals surface area (Å²) in [5, 5.41) is 2.85. The van der Waals surface area contributed by atoms with Gasteiger partial charge in [0, 0.05) is 11.6 Å². The van der Waals surface area contributed by atoms with Crippen LogP contribution in [0.1, 0.15) is 11.1 Å². The van der Waals surface area contributed by atoms with Gasteiger partial charge in [-0.25, -0.2) is 0 Å². The van der Waals surface area contributed by atoms with Crippen LogP contribution in [0, 0.1) is 6.92 Å². The number of oxime groups is 1. The van der Waals surface area contributed by atoms with Crippen molar-refractivity contribution in [1.82, 2.24) is 0 Å². The van der Waals surface area contributed by atoms with E-state index in [1.807, 2.05) is 0 Å². The van der Waals surface area contributed by atoms with Gasteiger partial charge in [0.2, 0.25) is 0 Å². The highest BCUT2D eigenvalue weighted by atomic mass is 32.2. The summed E-state index contributed by atoms with van der Waals surface area (Å²) in [6, 6.07) is 12.9. The fourth-order valence-electron chi connectivity index (χ4n) is 2.89. The van der Waals surface area contributed by atoms with Gasteiger partial charge in [-0.15, -0.1) is 0 Å². The van der Waals surface area contributed by atoms with Gasteiger partial charge >= 0.3 is 26.4 Å². The lowest BCUT2D eigenvalue weighted by molar-refractivity contribution is -0.0597. The molecule has 0 N–H and O–H groups in total. The van der Waals surface area contributed by atoms with E-state index in [1.165, 1.54) is 31.4 Å². The molecule has 0 aliphatic carbocycles. The number of halogens is 3. The average Bonchev–Trinajstić information content (AvgIpc) is 2.84. The lowest BCUT2D eigenvalue weighted by atomic mass is 10.1. The van der Waals surface area contributed by atoms with Gasteiger partial charge in [0.25, 0.3) is 0 Å². The quantitative estimate of drug-likeness (QED) is 0.214. The van der Waals surface area contributed by atoms with Gasteiger partial charge in [-0.3, -0.25) is 4.28 Å². The first kappa shape index (κ1) is 27.8. The van der Waals surface area contributed by atoms with Crippen LogP contribution in [-0.2, 0) is 24.5 Å². The summed E-state index contributed by atoms with van der Waals surface area (Å²) >= 11 is 0. The standard InChI is InChI=1S/C23H20F3NO8S2/c1-15-4-10-18(11-5-15)36(28,29)34-20-13-12-19(14-21(20)33-3)37(30,31)35-27-22(23(24,25)26)16-6-8-17(32-2)9-7-16/h4-14H,1-3H3/b27-22-. The first-order valence-corrected chi connectivity index (χ1v) is 13.0. The number of hydrogen-bond acceptors (Lipinski definition) is 9. The van der Waals surface area contributed by atoms with Crippen LogP contribution < -0.4 is 13.7 Å². The van der Waals surface area contributed by atoms with Gasteiger partial charge in [-0.1, -0.05) is 22.9 Å². The number of ether oxygens (including phenoxy) is 2. The highest BCUT2D eigenvalue weighted by Crippen LogP contribution is 2.33. The molecule has 0 aromatic heterocycles. The molecule has 0 radical (unpaired) electrons. The molecule has 0 aliphatic heterocycles. The van der Waals surface area contributed by atoms with Crippen molar-refractivity contribution in [2.24, 2.45) is 5.16 Å². The Balaban J connectivity index is 1.90. The van der Waals surface area contributed by atoms with Crippen molar-refractivity contribution >= 4 is 25.9 Å². The molecule has 3 aromatic carbocycles. The van der Waals surface area contributed by atoms with Crippen molar-refractivity contribution in [2.75, 3.05) is 14.2 Å². The van der Waals surface area contributed by atoms with Gasteiger partial charge in [0.15, 0.2) is 17.2 Å². The molecule has 0 saturated heterocycles. The normalized spacial score (nSPS) is 12.6. The number of rotatable bonds is 9. The first-order chi connectivity index (χ1) is 17.3. The van der Waals surface area contributed by atoms with E-state index in [2.05, 4.69) is 9.44 Å². The maximum absolute atomic E-state index is 13.5. The predicted molar refractivity (Wildman–Crippen MR) is 126 cm³/mol. The molecule has 0 bridgehead atoms. The molecule has 198 valence electrons. The Hall–Kier alpha value is -3.78. The van der Waals surface area contributed by atoms with Crippen LogP contribution in [0.25, 0.3) is 0 Å². The van der Waals surface area contributed by atoms with E-state index in [-0.39, 0.29) is 22.1 Å². The van der Waals surface area contributed by atoms with Crippen LogP contribution in [0.5, 0.6) is 17.2 Å². The molecule has 0 unspecified atom stereocenters. The molecule has 0 amide bonds. The van der Waals surface area contributed by atoms with E-state index >= 15 is 0 Å². The van der Waals surface area contributed by atoms with Crippen molar-refractivity contribution < 1.29 is 47.9 Å². The fourth-order valence-corrected chi connectivity index (χ4v) is 4.57. The molecule has 3 rings (SSSR count). The molecule has 14 heteroatoms. The Bertz CT molecular complexity index is 1500. The van der Waals surface area contributed by atoms with Crippen LogP contribution in [-0.4, -0.2) is 42.9 Å². The second-order valence-corrected chi connectivity index (χ2v) is 10.4. The molecule has 37 heavy (non-hydrogen) atoms. The Morgan fingerprint density at radius 3 is 1.89 bits per heavy atom. The van der Waals surface area contributed by atoms with Crippen LogP contribution in [0.3, 0.4) is 0 Å². The molecular formula is C23H20F3NO8S2. The molecule has 3 aromatic rings. The Kier molecular flexibility index (Phi) is 8.03. The largest absolute Gasteiger partial charge is 0.497 e. The number of benzene rings is 3. The minimum atomic E-state index is -5.05. The zero-order valence-electron chi connectivity index (χ0n) is 19.5. The molecule has 0 aliphatic rings. The molecule has 9 nitrogen and oxygen atoms in total. The summed E-state index contributed by atoms with van der Waals surface area (Å²) < 4.78 is 110. The van der Waals surface area contributed by atoms with Gasteiger partial charge in [0.1, 0.15) is 15.5 Å². The second-order valence-electron chi connectivity index (χ2n) is 7.36. The Morgan fingerprint density at radius 1 is 0.757 bits per heavy atom. The van der Waals surface area contributed by atoms with Crippen molar-refractivity contribution in [3.05, 3.63) is 77.9 Å². The van der Waals surface area contributed by atoms with Crippen LogP contribution >= 0.6 is 0 Å². The molecule has 0 atom stereocenters. The van der Waals surface area contributed by atoms with E-state index in [4.69, 9.17) is 13.7 Å². The third-order valence-corrected chi connectivity index (χ3v) is 7.14. The third kappa shape index (κ3) is 6.71. The topological polar surface area (TPSA) is 118 Å². The number of alkyl halides is 3. The first-order valence-electron chi connectivity index (χ1n) is 10.2. The predicted octanol–water partition coefficient (Wildman–Crippen LogP) is 4.45. The summed E-state index contributed by atoms with van der Waals surface area (Å²) in [7, 11) is -6.75. The smallest absolute Gasteiger partial charge is 0.437 e. The molecule has 0 heterocycles. The van der Waals surface area contributed by atoms with Gasteiger partial charge in [0.05, 0.1) is 14.2 Å². The summed E-state index contributed by atoms with van der Waals surface area (Å²) in [4.78, 5) is -0.822. The zero-order chi connectivity index (χ0) is 27.4. The number of methoxy groups -OCH3 is 2. The highest BCUT2D eigenvalue weighted by molar-refractivity contribution is 7.87. The van der Waals surface area contributed by atoms with Crippen molar-refractivity contribution in [2.45, 2.75) is 22.9 Å². The number of hydrogen-bond donors (Lipinski definition) is 0. The summed E-state index contributed by atoms with van der Waals surface area (Å²) in [5.41, 5.74) is -1.25. The summed E-state index contributed by atoms with van der Waals surface area (Å²) in [5.74, 6) is -0.423. The van der Waals surface area contributed by atoms with Crippen LogP contribution in [0.2, 0.25) is 0 Å². The number of aryl methyl sites for hydroxylation is 1. The molecule has 0 saturated carbocycles. The maximum atomic E-state index is 13.5. The zero-order valence-corrected chi connectivity index (χ0v) is 21.1. The fraction of sp³-hybridized carbons (Fsp3) is 0.174. The van der Waals surface area contributed by atoms with Crippen molar-refractivity contribution in [3.8, 4) is 17.2 Å². The summed E-state index contributed by atoms with van der Waals surface area (Å²) in [6.45, 7) is 1.76. The summed E-state index contributed by atoms with van der Waals surface area (Å²) in [6.07, 6.45) is -5.05. The molecular weight excluding hydrogens is 539 g/mol. The lowest BCUT2D eigenvalue weighted by Gasteiger charge is -2.13. The maximum Gasteiger partial charge on any atom is 0.437 e. The van der Waals surface area contributed by atoms with Gasteiger partial charge < -0.3 is 13.7 Å².